The Morgan fingerprint density at radius 2 is 1.67 bits per heavy atom. The summed E-state index contributed by atoms with van der Waals surface area (Å²) in [6.07, 6.45) is -9.33. The van der Waals surface area contributed by atoms with E-state index in [9.17, 15) is 26.3 Å². The maximum absolute atomic E-state index is 12.2. The second kappa shape index (κ2) is 5.74. The third-order valence-corrected chi connectivity index (χ3v) is 2.00. The highest BCUT2D eigenvalue weighted by Gasteiger charge is 2.59. The predicted molar refractivity (Wildman–Crippen MR) is 47.0 cm³/mol. The van der Waals surface area contributed by atoms with Crippen molar-refractivity contribution in [1.29, 1.82) is 0 Å². The molecule has 0 aromatic rings. The van der Waals surface area contributed by atoms with E-state index in [1.165, 1.54) is 0 Å². The molecule has 0 spiro atoms. The lowest BCUT2D eigenvalue weighted by atomic mass is 9.96. The Hall–Kier alpha value is -1.03. The van der Waals surface area contributed by atoms with Gasteiger partial charge in [-0.25, -0.2) is 4.79 Å². The molecule has 108 valence electrons. The van der Waals surface area contributed by atoms with E-state index < -0.39 is 23.9 Å². The van der Waals surface area contributed by atoms with E-state index in [0.29, 0.717) is 0 Å². The highest BCUT2D eigenvalue weighted by molar-refractivity contribution is 5.73. The first kappa shape index (κ1) is 17.0. The van der Waals surface area contributed by atoms with Crippen LogP contribution in [0.2, 0.25) is 0 Å². The average Bonchev–Trinajstić information content (AvgIpc) is 2.08. The molecule has 0 bridgehead atoms. The molecule has 1 rings (SSSR count). The minimum absolute atomic E-state index is 0.0984. The van der Waals surface area contributed by atoms with Crippen molar-refractivity contribution in [1.82, 2.24) is 5.32 Å². The molecule has 0 aliphatic carbocycles. The van der Waals surface area contributed by atoms with Gasteiger partial charge in [-0.3, -0.25) is 0 Å². The standard InChI is InChI=1S/C6H10F3NO.C2HF3O2/c1-2-11-5(3-10-4-5)6(7,8)9;3-2(4,5)1(6)7/h10H,2-4H2,1H3;(H,6,7). The Morgan fingerprint density at radius 3 is 1.72 bits per heavy atom. The summed E-state index contributed by atoms with van der Waals surface area (Å²) in [6.45, 7) is 1.42. The van der Waals surface area contributed by atoms with E-state index in [1.54, 1.807) is 6.92 Å². The minimum Gasteiger partial charge on any atom is -0.475 e. The first-order chi connectivity index (χ1) is 7.96. The van der Waals surface area contributed by atoms with Crippen molar-refractivity contribution in [2.24, 2.45) is 0 Å². The molecule has 0 amide bonds. The molecule has 2 N–H and O–H groups in total. The first-order valence-corrected chi connectivity index (χ1v) is 4.68. The monoisotopic (exact) mass is 283 g/mol. The van der Waals surface area contributed by atoms with Gasteiger partial charge in [0.25, 0.3) is 0 Å². The van der Waals surface area contributed by atoms with Crippen LogP contribution in [0.3, 0.4) is 0 Å². The van der Waals surface area contributed by atoms with E-state index in [2.05, 4.69) is 10.1 Å². The number of hydrogen-bond donors (Lipinski definition) is 2. The molecule has 1 aliphatic heterocycles. The Bertz CT molecular complexity index is 284. The normalized spacial score (nSPS) is 18.4. The molecular weight excluding hydrogens is 272 g/mol. The van der Waals surface area contributed by atoms with E-state index in [0.717, 1.165) is 0 Å². The maximum Gasteiger partial charge on any atom is 0.490 e. The summed E-state index contributed by atoms with van der Waals surface area (Å²) in [5.41, 5.74) is -1.90. The predicted octanol–water partition coefficient (Wildman–Crippen LogP) is 1.56. The van der Waals surface area contributed by atoms with E-state index in [-0.39, 0.29) is 19.7 Å². The number of ether oxygens (including phenoxy) is 1. The van der Waals surface area contributed by atoms with Crippen molar-refractivity contribution in [2.75, 3.05) is 19.7 Å². The number of rotatable bonds is 2. The number of carbonyl (C=O) groups is 1. The van der Waals surface area contributed by atoms with Crippen LogP contribution in [-0.4, -0.2) is 48.7 Å². The smallest absolute Gasteiger partial charge is 0.475 e. The fourth-order valence-electron chi connectivity index (χ4n) is 1.01. The number of nitrogens with one attached hydrogen (secondary N) is 1. The molecule has 18 heavy (non-hydrogen) atoms. The Morgan fingerprint density at radius 1 is 1.28 bits per heavy atom. The van der Waals surface area contributed by atoms with Crippen LogP contribution in [0.15, 0.2) is 0 Å². The molecule has 0 saturated carbocycles. The van der Waals surface area contributed by atoms with Crippen LogP contribution in [0.1, 0.15) is 6.92 Å². The lowest BCUT2D eigenvalue weighted by Gasteiger charge is -2.42. The van der Waals surface area contributed by atoms with Crippen LogP contribution in [0.25, 0.3) is 0 Å². The van der Waals surface area contributed by atoms with Gasteiger partial charge in [0, 0.05) is 19.7 Å². The number of carboxylic acids is 1. The van der Waals surface area contributed by atoms with Crippen molar-refractivity contribution < 1.29 is 41.0 Å². The molecule has 1 heterocycles. The summed E-state index contributed by atoms with van der Waals surface area (Å²) < 4.78 is 72.9. The quantitative estimate of drug-likeness (QED) is 0.755. The molecule has 0 atom stereocenters. The van der Waals surface area contributed by atoms with Crippen molar-refractivity contribution in [2.45, 2.75) is 24.9 Å². The maximum atomic E-state index is 12.2. The summed E-state index contributed by atoms with van der Waals surface area (Å²) in [5, 5.41) is 9.67. The second-order valence-electron chi connectivity index (χ2n) is 3.33. The number of alkyl halides is 6. The summed E-state index contributed by atoms with van der Waals surface area (Å²) >= 11 is 0. The summed E-state index contributed by atoms with van der Waals surface area (Å²) in [4.78, 5) is 8.90. The summed E-state index contributed by atoms with van der Waals surface area (Å²) in [5.74, 6) is -2.76. The van der Waals surface area contributed by atoms with Gasteiger partial charge in [0.2, 0.25) is 0 Å². The van der Waals surface area contributed by atoms with Gasteiger partial charge in [-0.15, -0.1) is 0 Å². The van der Waals surface area contributed by atoms with Gasteiger partial charge in [-0.05, 0) is 6.92 Å². The average molecular weight is 283 g/mol. The molecule has 1 aliphatic rings. The third-order valence-electron chi connectivity index (χ3n) is 2.00. The Labute approximate surface area is 97.9 Å². The zero-order chi connectivity index (χ0) is 14.6. The van der Waals surface area contributed by atoms with Gasteiger partial charge >= 0.3 is 18.3 Å². The minimum atomic E-state index is -5.08. The highest BCUT2D eigenvalue weighted by atomic mass is 19.4. The van der Waals surface area contributed by atoms with Crippen LogP contribution < -0.4 is 5.32 Å². The van der Waals surface area contributed by atoms with Gasteiger partial charge in [-0.1, -0.05) is 0 Å². The molecular formula is C8H11F6NO3. The van der Waals surface area contributed by atoms with Gasteiger partial charge < -0.3 is 15.2 Å². The molecule has 10 heteroatoms. The number of hydrogen-bond acceptors (Lipinski definition) is 3. The zero-order valence-electron chi connectivity index (χ0n) is 9.15. The largest absolute Gasteiger partial charge is 0.490 e. The fourth-order valence-corrected chi connectivity index (χ4v) is 1.01. The second-order valence-corrected chi connectivity index (χ2v) is 3.33. The lowest BCUT2D eigenvalue weighted by Crippen LogP contribution is -2.69. The van der Waals surface area contributed by atoms with Crippen molar-refractivity contribution in [3.05, 3.63) is 0 Å². The van der Waals surface area contributed by atoms with Gasteiger partial charge in [-0.2, -0.15) is 26.3 Å². The third kappa shape index (κ3) is 4.33. The molecule has 0 unspecified atom stereocenters. The van der Waals surface area contributed by atoms with Crippen LogP contribution >= 0.6 is 0 Å². The summed E-state index contributed by atoms with van der Waals surface area (Å²) in [6, 6.07) is 0. The Balaban J connectivity index is 0.000000360. The van der Waals surface area contributed by atoms with Gasteiger partial charge in [0.1, 0.15) is 0 Å². The molecule has 0 radical (unpaired) electrons. The van der Waals surface area contributed by atoms with Crippen molar-refractivity contribution in [3.8, 4) is 0 Å². The van der Waals surface area contributed by atoms with Crippen molar-refractivity contribution in [3.63, 3.8) is 0 Å². The van der Waals surface area contributed by atoms with Crippen LogP contribution in [-0.2, 0) is 9.53 Å². The topological polar surface area (TPSA) is 58.6 Å². The van der Waals surface area contributed by atoms with E-state index in [1.807, 2.05) is 0 Å². The van der Waals surface area contributed by atoms with Crippen LogP contribution in [0, 0.1) is 0 Å². The van der Waals surface area contributed by atoms with E-state index in [4.69, 9.17) is 9.90 Å². The van der Waals surface area contributed by atoms with Gasteiger partial charge in [0.05, 0.1) is 0 Å². The zero-order valence-corrected chi connectivity index (χ0v) is 9.15. The molecule has 1 saturated heterocycles. The SMILES string of the molecule is CCOC1(C(F)(F)F)CNC1.O=C(O)C(F)(F)F. The van der Waals surface area contributed by atoms with E-state index >= 15 is 0 Å². The van der Waals surface area contributed by atoms with Gasteiger partial charge in [0.15, 0.2) is 5.60 Å². The summed E-state index contributed by atoms with van der Waals surface area (Å²) in [7, 11) is 0. The highest BCUT2D eigenvalue weighted by Crippen LogP contribution is 2.36. The number of aliphatic carboxylic acids is 1. The molecule has 0 aromatic heterocycles. The lowest BCUT2D eigenvalue weighted by molar-refractivity contribution is -0.291. The van der Waals surface area contributed by atoms with Crippen LogP contribution in [0.5, 0.6) is 0 Å². The first-order valence-electron chi connectivity index (χ1n) is 4.68. The number of halogens is 6. The Kier molecular flexibility index (Phi) is 5.41. The van der Waals surface area contributed by atoms with Crippen LogP contribution in [0.4, 0.5) is 26.3 Å². The van der Waals surface area contributed by atoms with Crippen molar-refractivity contribution >= 4 is 5.97 Å². The fraction of sp³-hybridized carbons (Fsp3) is 0.875. The molecule has 4 nitrogen and oxygen atoms in total. The molecule has 0 aromatic carbocycles. The number of carboxylic acid groups (broad SMARTS) is 1. The molecule has 1 fully saturated rings.